The first-order valence-electron chi connectivity index (χ1n) is 9.06. The number of nitrogens with zero attached hydrogens (tertiary/aromatic N) is 3. The van der Waals surface area contributed by atoms with Gasteiger partial charge in [0, 0.05) is 31.7 Å². The van der Waals surface area contributed by atoms with Gasteiger partial charge in [0.05, 0.1) is 25.5 Å². The first-order valence-corrected chi connectivity index (χ1v) is 9.06. The Morgan fingerprint density at radius 1 is 1.52 bits per heavy atom. The third-order valence-electron chi connectivity index (χ3n) is 5.33. The maximum atomic E-state index is 12.9. The standard InChI is InChI=1S/C18H29N3O4/c1-14-15(11-19-25-14)17(22)21-7-5-16-18(12-21,6-4-9-24-16)13-23-10-8-20(2)3/h11,16H,4-10,12-13H2,1-3H3. The van der Waals surface area contributed by atoms with E-state index in [9.17, 15) is 4.79 Å². The molecule has 2 aliphatic rings. The van der Waals surface area contributed by atoms with Gasteiger partial charge in [-0.1, -0.05) is 5.16 Å². The first kappa shape index (κ1) is 18.4. The number of carbonyl (C=O) groups excluding carboxylic acids is 1. The van der Waals surface area contributed by atoms with Crippen LogP contribution in [0.4, 0.5) is 0 Å². The molecule has 0 N–H and O–H groups in total. The Labute approximate surface area is 149 Å². The summed E-state index contributed by atoms with van der Waals surface area (Å²) >= 11 is 0. The number of likely N-dealkylation sites (tertiary alicyclic amines) is 1. The van der Waals surface area contributed by atoms with Gasteiger partial charge in [-0.2, -0.15) is 0 Å². The van der Waals surface area contributed by atoms with Crippen LogP contribution in [0.5, 0.6) is 0 Å². The molecule has 7 heteroatoms. The lowest BCUT2D eigenvalue weighted by molar-refractivity contribution is -0.147. The second-order valence-electron chi connectivity index (χ2n) is 7.49. The molecule has 0 bridgehead atoms. The third-order valence-corrected chi connectivity index (χ3v) is 5.33. The quantitative estimate of drug-likeness (QED) is 0.725. The lowest BCUT2D eigenvalue weighted by Gasteiger charge is -2.50. The van der Waals surface area contributed by atoms with E-state index in [0.717, 1.165) is 32.4 Å². The van der Waals surface area contributed by atoms with Gasteiger partial charge in [-0.25, -0.2) is 0 Å². The highest BCUT2D eigenvalue weighted by Gasteiger charge is 2.47. The molecule has 0 aliphatic carbocycles. The molecule has 2 aliphatic heterocycles. The zero-order chi connectivity index (χ0) is 17.9. The molecule has 0 saturated carbocycles. The molecule has 0 radical (unpaired) electrons. The van der Waals surface area contributed by atoms with Crippen LogP contribution in [-0.4, -0.2) is 80.5 Å². The minimum Gasteiger partial charge on any atom is -0.379 e. The summed E-state index contributed by atoms with van der Waals surface area (Å²) in [6.07, 6.45) is 4.59. The number of ether oxygens (including phenoxy) is 2. The lowest BCUT2D eigenvalue weighted by Crippen LogP contribution is -2.58. The molecule has 0 aromatic carbocycles. The van der Waals surface area contributed by atoms with Gasteiger partial charge in [0.25, 0.3) is 5.91 Å². The van der Waals surface area contributed by atoms with Crippen LogP contribution in [0, 0.1) is 12.3 Å². The summed E-state index contributed by atoms with van der Waals surface area (Å²) in [6, 6.07) is 0. The molecular weight excluding hydrogens is 322 g/mol. The monoisotopic (exact) mass is 351 g/mol. The highest BCUT2D eigenvalue weighted by molar-refractivity contribution is 5.94. The van der Waals surface area contributed by atoms with E-state index in [4.69, 9.17) is 14.0 Å². The van der Waals surface area contributed by atoms with Gasteiger partial charge >= 0.3 is 0 Å². The highest BCUT2D eigenvalue weighted by atomic mass is 16.5. The van der Waals surface area contributed by atoms with Crippen molar-refractivity contribution >= 4 is 5.91 Å². The molecule has 3 rings (SSSR count). The van der Waals surface area contributed by atoms with Crippen molar-refractivity contribution in [1.82, 2.24) is 15.0 Å². The second-order valence-corrected chi connectivity index (χ2v) is 7.49. The minimum atomic E-state index is -0.108. The molecule has 2 fully saturated rings. The van der Waals surface area contributed by atoms with Gasteiger partial charge in [-0.05, 0) is 40.3 Å². The Kier molecular flexibility index (Phi) is 5.76. The molecule has 25 heavy (non-hydrogen) atoms. The Morgan fingerprint density at radius 3 is 3.08 bits per heavy atom. The van der Waals surface area contributed by atoms with Crippen LogP contribution in [0.25, 0.3) is 0 Å². The Balaban J connectivity index is 1.68. The highest BCUT2D eigenvalue weighted by Crippen LogP contribution is 2.40. The summed E-state index contributed by atoms with van der Waals surface area (Å²) in [7, 11) is 4.08. The van der Waals surface area contributed by atoms with Gasteiger partial charge in [-0.3, -0.25) is 4.79 Å². The van der Waals surface area contributed by atoms with Gasteiger partial charge in [0.2, 0.25) is 0 Å². The van der Waals surface area contributed by atoms with E-state index in [1.54, 1.807) is 6.92 Å². The van der Waals surface area contributed by atoms with E-state index in [-0.39, 0.29) is 17.4 Å². The molecule has 1 aromatic heterocycles. The molecular formula is C18H29N3O4. The van der Waals surface area contributed by atoms with Crippen LogP contribution in [0.2, 0.25) is 0 Å². The predicted octanol–water partition coefficient (Wildman–Crippen LogP) is 1.57. The molecule has 1 aromatic rings. The van der Waals surface area contributed by atoms with Crippen LogP contribution in [-0.2, 0) is 9.47 Å². The number of aryl methyl sites for hydroxylation is 1. The van der Waals surface area contributed by atoms with E-state index in [1.807, 2.05) is 19.0 Å². The number of hydrogen-bond acceptors (Lipinski definition) is 6. The minimum absolute atomic E-state index is 0.00422. The molecule has 1 amide bonds. The van der Waals surface area contributed by atoms with E-state index >= 15 is 0 Å². The van der Waals surface area contributed by atoms with Gasteiger partial charge in [0.15, 0.2) is 0 Å². The SMILES string of the molecule is Cc1oncc1C(=O)N1CCC2OCCCC2(COCCN(C)C)C1. The van der Waals surface area contributed by atoms with Crippen molar-refractivity contribution in [3.63, 3.8) is 0 Å². The number of carbonyl (C=O) groups is 1. The Hall–Kier alpha value is -1.44. The van der Waals surface area contributed by atoms with Gasteiger partial charge in [0.1, 0.15) is 11.3 Å². The fourth-order valence-corrected chi connectivity index (χ4v) is 3.87. The number of hydrogen-bond donors (Lipinski definition) is 0. The summed E-state index contributed by atoms with van der Waals surface area (Å²) in [5.41, 5.74) is 0.447. The van der Waals surface area contributed by atoms with Crippen molar-refractivity contribution in [2.24, 2.45) is 5.41 Å². The number of rotatable bonds is 6. The van der Waals surface area contributed by atoms with Crippen LogP contribution in [0.1, 0.15) is 35.4 Å². The van der Waals surface area contributed by atoms with E-state index in [1.165, 1.54) is 6.20 Å². The van der Waals surface area contributed by atoms with Gasteiger partial charge < -0.3 is 23.8 Å². The fraction of sp³-hybridized carbons (Fsp3) is 0.778. The maximum Gasteiger partial charge on any atom is 0.259 e. The molecule has 2 atom stereocenters. The second kappa shape index (κ2) is 7.85. The zero-order valence-corrected chi connectivity index (χ0v) is 15.5. The average molecular weight is 351 g/mol. The Morgan fingerprint density at radius 2 is 2.36 bits per heavy atom. The maximum absolute atomic E-state index is 12.9. The predicted molar refractivity (Wildman–Crippen MR) is 92.5 cm³/mol. The lowest BCUT2D eigenvalue weighted by atomic mass is 9.73. The van der Waals surface area contributed by atoms with Crippen LogP contribution >= 0.6 is 0 Å². The third kappa shape index (κ3) is 4.04. The molecule has 140 valence electrons. The van der Waals surface area contributed by atoms with Crippen LogP contribution in [0.3, 0.4) is 0 Å². The van der Waals surface area contributed by atoms with Gasteiger partial charge in [-0.15, -0.1) is 0 Å². The molecule has 2 saturated heterocycles. The summed E-state index contributed by atoms with van der Waals surface area (Å²) < 4.78 is 17.1. The summed E-state index contributed by atoms with van der Waals surface area (Å²) in [6.45, 7) is 6.18. The smallest absolute Gasteiger partial charge is 0.259 e. The van der Waals surface area contributed by atoms with Crippen molar-refractivity contribution in [2.45, 2.75) is 32.3 Å². The molecule has 7 nitrogen and oxygen atoms in total. The number of fused-ring (bicyclic) bond motifs is 1. The first-order chi connectivity index (χ1) is 12.0. The Bertz CT molecular complexity index is 589. The number of aromatic nitrogens is 1. The van der Waals surface area contributed by atoms with Crippen molar-refractivity contribution in [2.75, 3.05) is 53.6 Å². The van der Waals surface area contributed by atoms with Crippen molar-refractivity contribution in [1.29, 1.82) is 0 Å². The van der Waals surface area contributed by atoms with Crippen LogP contribution in [0.15, 0.2) is 10.7 Å². The largest absolute Gasteiger partial charge is 0.379 e. The van der Waals surface area contributed by atoms with E-state index in [2.05, 4.69) is 10.1 Å². The summed E-state index contributed by atoms with van der Waals surface area (Å²) in [5, 5.41) is 3.74. The van der Waals surface area contributed by atoms with Crippen molar-refractivity contribution in [3.05, 3.63) is 17.5 Å². The van der Waals surface area contributed by atoms with E-state index in [0.29, 0.717) is 37.6 Å². The molecule has 2 unspecified atom stereocenters. The molecule has 0 spiro atoms. The zero-order valence-electron chi connectivity index (χ0n) is 15.5. The number of piperidine rings is 1. The normalized spacial score (nSPS) is 26.7. The number of amides is 1. The number of likely N-dealkylation sites (N-methyl/N-ethyl adjacent to an activating group) is 1. The topological polar surface area (TPSA) is 68.0 Å². The summed E-state index contributed by atoms with van der Waals surface area (Å²) in [4.78, 5) is 16.9. The van der Waals surface area contributed by atoms with Crippen molar-refractivity contribution < 1.29 is 18.8 Å². The van der Waals surface area contributed by atoms with Crippen LogP contribution < -0.4 is 0 Å². The van der Waals surface area contributed by atoms with Crippen molar-refractivity contribution in [3.8, 4) is 0 Å². The average Bonchev–Trinajstić information content (AvgIpc) is 3.03. The summed E-state index contributed by atoms with van der Waals surface area (Å²) in [5.74, 6) is 0.568. The van der Waals surface area contributed by atoms with E-state index < -0.39 is 0 Å². The fourth-order valence-electron chi connectivity index (χ4n) is 3.87. The molecule has 3 heterocycles.